The van der Waals surface area contributed by atoms with Crippen LogP contribution < -0.4 is 0 Å². The lowest BCUT2D eigenvalue weighted by Gasteiger charge is -2.22. The highest BCUT2D eigenvalue weighted by Crippen LogP contribution is 2.40. The Bertz CT molecular complexity index is 694. The molecule has 1 unspecified atom stereocenters. The number of halogens is 1. The highest BCUT2D eigenvalue weighted by molar-refractivity contribution is 6.30. The van der Waals surface area contributed by atoms with Gasteiger partial charge in [0.1, 0.15) is 0 Å². The van der Waals surface area contributed by atoms with Gasteiger partial charge in [-0.2, -0.15) is 5.10 Å². The van der Waals surface area contributed by atoms with Crippen molar-refractivity contribution >= 4 is 17.6 Å². The quantitative estimate of drug-likeness (QED) is 0.942. The van der Waals surface area contributed by atoms with Crippen LogP contribution in [0.5, 0.6) is 0 Å². The second-order valence-electron chi connectivity index (χ2n) is 5.53. The van der Waals surface area contributed by atoms with Gasteiger partial charge in [-0.3, -0.25) is 9.48 Å². The third kappa shape index (κ3) is 2.68. The zero-order chi connectivity index (χ0) is 15.0. The molecule has 0 aliphatic heterocycles. The van der Waals surface area contributed by atoms with Crippen molar-refractivity contribution < 1.29 is 9.90 Å². The Morgan fingerprint density at radius 1 is 1.52 bits per heavy atom. The molecule has 1 aromatic carbocycles. The summed E-state index contributed by atoms with van der Waals surface area (Å²) >= 11 is 6.08. The van der Waals surface area contributed by atoms with Crippen LogP contribution in [0.25, 0.3) is 11.3 Å². The molecule has 0 amide bonds. The van der Waals surface area contributed by atoms with E-state index in [9.17, 15) is 4.79 Å². The molecular formula is C16H17ClN2O2. The van der Waals surface area contributed by atoms with Crippen LogP contribution in [0.1, 0.15) is 36.4 Å². The molecule has 0 radical (unpaired) electrons. The maximum Gasteiger partial charge on any atom is 0.303 e. The average Bonchev–Trinajstić information content (AvgIpc) is 2.77. The molecule has 3 rings (SSSR count). The van der Waals surface area contributed by atoms with Crippen LogP contribution in [0.4, 0.5) is 0 Å². The van der Waals surface area contributed by atoms with Crippen LogP contribution in [-0.4, -0.2) is 20.9 Å². The smallest absolute Gasteiger partial charge is 0.303 e. The van der Waals surface area contributed by atoms with Crippen molar-refractivity contribution in [1.29, 1.82) is 0 Å². The van der Waals surface area contributed by atoms with E-state index in [1.54, 1.807) is 0 Å². The van der Waals surface area contributed by atoms with Gasteiger partial charge in [0, 0.05) is 28.9 Å². The summed E-state index contributed by atoms with van der Waals surface area (Å²) in [5, 5.41) is 14.4. The molecular weight excluding hydrogens is 288 g/mol. The summed E-state index contributed by atoms with van der Waals surface area (Å²) in [6, 6.07) is 7.58. The fourth-order valence-electron chi connectivity index (χ4n) is 3.22. The minimum absolute atomic E-state index is 0.0360. The Hall–Kier alpha value is -1.81. The fraction of sp³-hybridized carbons (Fsp3) is 0.375. The third-order valence-electron chi connectivity index (χ3n) is 4.10. The average molecular weight is 305 g/mol. The van der Waals surface area contributed by atoms with Gasteiger partial charge in [-0.05, 0) is 37.3 Å². The van der Waals surface area contributed by atoms with Gasteiger partial charge in [0.15, 0.2) is 0 Å². The van der Waals surface area contributed by atoms with E-state index in [0.717, 1.165) is 41.8 Å². The Kier molecular flexibility index (Phi) is 3.72. The van der Waals surface area contributed by atoms with Crippen molar-refractivity contribution in [3.05, 3.63) is 40.5 Å². The number of aliphatic carboxylic acids is 1. The summed E-state index contributed by atoms with van der Waals surface area (Å²) in [5.41, 5.74) is 4.08. The number of aromatic nitrogens is 2. The summed E-state index contributed by atoms with van der Waals surface area (Å²) in [6.45, 7) is 0. The number of rotatable bonds is 3. The minimum Gasteiger partial charge on any atom is -0.481 e. The molecule has 1 heterocycles. The van der Waals surface area contributed by atoms with E-state index in [-0.39, 0.29) is 12.3 Å². The van der Waals surface area contributed by atoms with Crippen molar-refractivity contribution in [2.75, 3.05) is 0 Å². The van der Waals surface area contributed by atoms with Gasteiger partial charge in [0.2, 0.25) is 0 Å². The molecule has 110 valence electrons. The minimum atomic E-state index is -0.756. The molecule has 0 fully saturated rings. The van der Waals surface area contributed by atoms with Crippen LogP contribution in [0, 0.1) is 0 Å². The van der Waals surface area contributed by atoms with Gasteiger partial charge in [0.05, 0.1) is 12.1 Å². The number of carbonyl (C=O) groups is 1. The summed E-state index contributed by atoms with van der Waals surface area (Å²) in [5.74, 6) is -0.720. The van der Waals surface area contributed by atoms with Crippen LogP contribution >= 0.6 is 11.6 Å². The predicted octanol–water partition coefficient (Wildman–Crippen LogP) is 3.64. The molecule has 0 saturated carbocycles. The van der Waals surface area contributed by atoms with E-state index in [1.165, 1.54) is 0 Å². The summed E-state index contributed by atoms with van der Waals surface area (Å²) in [7, 11) is 1.93. The number of carboxylic acids is 1. The number of carboxylic acid groups (broad SMARTS) is 1. The first-order chi connectivity index (χ1) is 10.1. The van der Waals surface area contributed by atoms with Crippen LogP contribution in [0.2, 0.25) is 5.02 Å². The maximum atomic E-state index is 11.1. The molecule has 5 heteroatoms. The number of aryl methyl sites for hydroxylation is 1. The molecule has 0 saturated heterocycles. The van der Waals surface area contributed by atoms with Crippen molar-refractivity contribution in [1.82, 2.24) is 9.78 Å². The van der Waals surface area contributed by atoms with E-state index in [0.29, 0.717) is 5.02 Å². The van der Waals surface area contributed by atoms with E-state index >= 15 is 0 Å². The Morgan fingerprint density at radius 3 is 3.05 bits per heavy atom. The highest BCUT2D eigenvalue weighted by Gasteiger charge is 2.29. The highest BCUT2D eigenvalue weighted by atomic mass is 35.5. The molecule has 1 N–H and O–H groups in total. The lowest BCUT2D eigenvalue weighted by Crippen LogP contribution is -2.14. The van der Waals surface area contributed by atoms with Gasteiger partial charge in [0.25, 0.3) is 0 Å². The van der Waals surface area contributed by atoms with Gasteiger partial charge in [-0.15, -0.1) is 0 Å². The maximum absolute atomic E-state index is 11.1. The Balaban J connectivity index is 2.12. The zero-order valence-electron chi connectivity index (χ0n) is 11.8. The molecule has 0 spiro atoms. The van der Waals surface area contributed by atoms with E-state index in [2.05, 4.69) is 5.10 Å². The number of hydrogen-bond donors (Lipinski definition) is 1. The molecule has 2 aromatic rings. The number of nitrogens with zero attached hydrogens (tertiary/aromatic N) is 2. The van der Waals surface area contributed by atoms with Crippen molar-refractivity contribution in [3.8, 4) is 11.3 Å². The van der Waals surface area contributed by atoms with Crippen molar-refractivity contribution in [2.24, 2.45) is 7.05 Å². The zero-order valence-corrected chi connectivity index (χ0v) is 12.6. The normalized spacial score (nSPS) is 17.5. The Labute approximate surface area is 128 Å². The monoisotopic (exact) mass is 304 g/mol. The first-order valence-electron chi connectivity index (χ1n) is 7.09. The number of benzene rings is 1. The molecule has 4 nitrogen and oxygen atoms in total. The molecule has 1 aliphatic rings. The van der Waals surface area contributed by atoms with Crippen molar-refractivity contribution in [3.63, 3.8) is 0 Å². The van der Waals surface area contributed by atoms with E-state index < -0.39 is 5.97 Å². The second kappa shape index (κ2) is 5.53. The topological polar surface area (TPSA) is 55.1 Å². The lowest BCUT2D eigenvalue weighted by molar-refractivity contribution is -0.137. The van der Waals surface area contributed by atoms with Crippen LogP contribution in [0.15, 0.2) is 24.3 Å². The molecule has 0 bridgehead atoms. The van der Waals surface area contributed by atoms with Crippen molar-refractivity contribution in [2.45, 2.75) is 31.6 Å². The number of hydrogen-bond acceptors (Lipinski definition) is 2. The van der Waals surface area contributed by atoms with Crippen LogP contribution in [-0.2, 0) is 18.3 Å². The van der Waals surface area contributed by atoms with Gasteiger partial charge >= 0.3 is 5.97 Å². The molecule has 1 atom stereocenters. The fourth-order valence-corrected chi connectivity index (χ4v) is 3.42. The van der Waals surface area contributed by atoms with Crippen LogP contribution in [0.3, 0.4) is 0 Å². The largest absolute Gasteiger partial charge is 0.481 e. The first-order valence-corrected chi connectivity index (χ1v) is 7.47. The molecule has 1 aliphatic carbocycles. The summed E-state index contributed by atoms with van der Waals surface area (Å²) in [4.78, 5) is 11.1. The standard InChI is InChI=1S/C16H17ClN2O2/c1-19-13-7-3-4-10(9-14(20)21)15(13)16(18-19)11-5-2-6-12(17)8-11/h2,5-6,8,10H,3-4,7,9H2,1H3,(H,20,21). The van der Waals surface area contributed by atoms with Gasteiger partial charge in [-0.25, -0.2) is 0 Å². The summed E-state index contributed by atoms with van der Waals surface area (Å²) < 4.78 is 1.89. The summed E-state index contributed by atoms with van der Waals surface area (Å²) in [6.07, 6.45) is 3.03. The van der Waals surface area contributed by atoms with Gasteiger partial charge < -0.3 is 5.11 Å². The lowest BCUT2D eigenvalue weighted by atomic mass is 9.82. The Morgan fingerprint density at radius 2 is 2.33 bits per heavy atom. The van der Waals surface area contributed by atoms with E-state index in [4.69, 9.17) is 16.7 Å². The number of fused-ring (bicyclic) bond motifs is 1. The SMILES string of the molecule is Cn1nc(-c2cccc(Cl)c2)c2c1CCCC2CC(=O)O. The predicted molar refractivity (Wildman–Crippen MR) is 81.6 cm³/mol. The third-order valence-corrected chi connectivity index (χ3v) is 4.34. The molecule has 21 heavy (non-hydrogen) atoms. The second-order valence-corrected chi connectivity index (χ2v) is 5.97. The van der Waals surface area contributed by atoms with Gasteiger partial charge in [-0.1, -0.05) is 23.7 Å². The first kappa shape index (κ1) is 14.1. The molecule has 1 aromatic heterocycles. The van der Waals surface area contributed by atoms with E-state index in [1.807, 2.05) is 36.0 Å².